The molecule has 1 fully saturated rings. The number of nitrogens with one attached hydrogen (secondary N) is 1. The SMILES string of the molecule is O=C(CCC1CCN(S(=O)(=O)c2cccc(F)c2)CC1)NCc1ccccc1. The van der Waals surface area contributed by atoms with Gasteiger partial charge in [-0.3, -0.25) is 4.79 Å². The van der Waals surface area contributed by atoms with Crippen LogP contribution in [0.1, 0.15) is 31.2 Å². The molecule has 0 saturated carbocycles. The summed E-state index contributed by atoms with van der Waals surface area (Å²) in [5, 5.41) is 2.92. The van der Waals surface area contributed by atoms with Gasteiger partial charge in [-0.05, 0) is 48.9 Å². The Hall–Kier alpha value is -2.25. The minimum absolute atomic E-state index is 0.00811. The summed E-state index contributed by atoms with van der Waals surface area (Å²) in [5.41, 5.74) is 1.06. The van der Waals surface area contributed by atoms with Crippen LogP contribution < -0.4 is 5.32 Å². The second kappa shape index (κ2) is 9.30. The molecular formula is C21H25FN2O3S. The molecular weight excluding hydrogens is 379 g/mol. The van der Waals surface area contributed by atoms with Crippen molar-refractivity contribution in [1.82, 2.24) is 9.62 Å². The van der Waals surface area contributed by atoms with Crippen LogP contribution in [0.3, 0.4) is 0 Å². The largest absolute Gasteiger partial charge is 0.352 e. The number of halogens is 1. The van der Waals surface area contributed by atoms with Crippen LogP contribution in [0.4, 0.5) is 4.39 Å². The fourth-order valence-electron chi connectivity index (χ4n) is 3.43. The maximum Gasteiger partial charge on any atom is 0.243 e. The zero-order chi connectivity index (χ0) is 20.0. The summed E-state index contributed by atoms with van der Waals surface area (Å²) >= 11 is 0. The minimum atomic E-state index is -3.66. The Balaban J connectivity index is 1.43. The Labute approximate surface area is 165 Å². The van der Waals surface area contributed by atoms with Crippen LogP contribution in [0.15, 0.2) is 59.5 Å². The molecule has 3 rings (SSSR count). The molecule has 28 heavy (non-hydrogen) atoms. The van der Waals surface area contributed by atoms with Crippen LogP contribution in [0.5, 0.6) is 0 Å². The average molecular weight is 405 g/mol. The van der Waals surface area contributed by atoms with Gasteiger partial charge >= 0.3 is 0 Å². The summed E-state index contributed by atoms with van der Waals surface area (Å²) in [7, 11) is -3.66. The Morgan fingerprint density at radius 1 is 1.07 bits per heavy atom. The Morgan fingerprint density at radius 2 is 1.79 bits per heavy atom. The molecule has 0 bridgehead atoms. The molecule has 150 valence electrons. The Bertz CT molecular complexity index is 895. The van der Waals surface area contributed by atoms with Gasteiger partial charge < -0.3 is 5.32 Å². The smallest absolute Gasteiger partial charge is 0.243 e. The number of benzene rings is 2. The predicted molar refractivity (Wildman–Crippen MR) is 105 cm³/mol. The number of sulfonamides is 1. The van der Waals surface area contributed by atoms with Gasteiger partial charge in [0.15, 0.2) is 0 Å². The lowest BCUT2D eigenvalue weighted by molar-refractivity contribution is -0.121. The van der Waals surface area contributed by atoms with E-state index in [1.807, 2.05) is 30.3 Å². The van der Waals surface area contributed by atoms with Gasteiger partial charge in [-0.15, -0.1) is 0 Å². The lowest BCUT2D eigenvalue weighted by Gasteiger charge is -2.31. The van der Waals surface area contributed by atoms with Gasteiger partial charge in [0.1, 0.15) is 5.82 Å². The number of hydrogen-bond acceptors (Lipinski definition) is 3. The highest BCUT2D eigenvalue weighted by Gasteiger charge is 2.29. The average Bonchev–Trinajstić information content (AvgIpc) is 2.72. The molecule has 0 radical (unpaired) electrons. The van der Waals surface area contributed by atoms with Crippen molar-refractivity contribution in [2.75, 3.05) is 13.1 Å². The van der Waals surface area contributed by atoms with E-state index in [0.717, 1.165) is 18.1 Å². The summed E-state index contributed by atoms with van der Waals surface area (Å²) in [6.07, 6.45) is 2.60. The monoisotopic (exact) mass is 404 g/mol. The van der Waals surface area contributed by atoms with Crippen molar-refractivity contribution in [1.29, 1.82) is 0 Å². The molecule has 1 saturated heterocycles. The van der Waals surface area contributed by atoms with Gasteiger partial charge in [0.25, 0.3) is 0 Å². The second-order valence-electron chi connectivity index (χ2n) is 7.11. The van der Waals surface area contributed by atoms with Crippen LogP contribution in [0.25, 0.3) is 0 Å². The van der Waals surface area contributed by atoms with Gasteiger partial charge in [-0.2, -0.15) is 4.31 Å². The quantitative estimate of drug-likeness (QED) is 0.770. The van der Waals surface area contributed by atoms with Gasteiger partial charge in [0.05, 0.1) is 4.90 Å². The highest BCUT2D eigenvalue weighted by atomic mass is 32.2. The topological polar surface area (TPSA) is 66.5 Å². The summed E-state index contributed by atoms with van der Waals surface area (Å²) in [6.45, 7) is 1.31. The van der Waals surface area contributed by atoms with Gasteiger partial charge in [0, 0.05) is 26.1 Å². The third-order valence-electron chi connectivity index (χ3n) is 5.12. The van der Waals surface area contributed by atoms with Crippen LogP contribution in [-0.4, -0.2) is 31.7 Å². The molecule has 0 aliphatic carbocycles. The molecule has 7 heteroatoms. The molecule has 1 aliphatic heterocycles. The summed E-state index contributed by atoms with van der Waals surface area (Å²) < 4.78 is 40.0. The summed E-state index contributed by atoms with van der Waals surface area (Å²) in [4.78, 5) is 12.0. The molecule has 1 amide bonds. The predicted octanol–water partition coefficient (Wildman–Crippen LogP) is 3.32. The van der Waals surface area contributed by atoms with Crippen LogP contribution >= 0.6 is 0 Å². The van der Waals surface area contributed by atoms with Crippen LogP contribution in [-0.2, 0) is 21.4 Å². The van der Waals surface area contributed by atoms with E-state index in [2.05, 4.69) is 5.32 Å². The molecule has 5 nitrogen and oxygen atoms in total. The molecule has 1 aliphatic rings. The highest BCUT2D eigenvalue weighted by Crippen LogP contribution is 2.26. The highest BCUT2D eigenvalue weighted by molar-refractivity contribution is 7.89. The van der Waals surface area contributed by atoms with Crippen molar-refractivity contribution in [3.8, 4) is 0 Å². The van der Waals surface area contributed by atoms with Crippen molar-refractivity contribution in [3.05, 3.63) is 66.0 Å². The standard InChI is InChI=1S/C21H25FN2O3S/c22-19-7-4-8-20(15-19)28(26,27)24-13-11-17(12-14-24)9-10-21(25)23-16-18-5-2-1-3-6-18/h1-8,15,17H,9-14,16H2,(H,23,25). The molecule has 0 aromatic heterocycles. The van der Waals surface area contributed by atoms with E-state index in [-0.39, 0.29) is 10.8 Å². The fraction of sp³-hybridized carbons (Fsp3) is 0.381. The van der Waals surface area contributed by atoms with E-state index in [9.17, 15) is 17.6 Å². The Kier molecular flexibility index (Phi) is 6.80. The summed E-state index contributed by atoms with van der Waals surface area (Å²) in [6, 6.07) is 14.9. The maximum absolute atomic E-state index is 13.4. The number of rotatable bonds is 7. The number of amides is 1. The molecule has 0 spiro atoms. The number of hydrogen-bond donors (Lipinski definition) is 1. The molecule has 0 unspecified atom stereocenters. The minimum Gasteiger partial charge on any atom is -0.352 e. The number of carbonyl (C=O) groups is 1. The van der Waals surface area contributed by atoms with E-state index in [1.165, 1.54) is 22.5 Å². The lowest BCUT2D eigenvalue weighted by Crippen LogP contribution is -2.38. The number of nitrogens with zero attached hydrogens (tertiary/aromatic N) is 1. The first kappa shape index (κ1) is 20.5. The van der Waals surface area contributed by atoms with Crippen molar-refractivity contribution >= 4 is 15.9 Å². The van der Waals surface area contributed by atoms with Crippen molar-refractivity contribution in [2.45, 2.75) is 37.1 Å². The molecule has 2 aromatic rings. The first-order chi connectivity index (χ1) is 13.4. The summed E-state index contributed by atoms with van der Waals surface area (Å²) in [5.74, 6) is -0.224. The number of piperidine rings is 1. The van der Waals surface area contributed by atoms with E-state index < -0.39 is 15.8 Å². The third kappa shape index (κ3) is 5.39. The molecule has 1 N–H and O–H groups in total. The van der Waals surface area contributed by atoms with Gasteiger partial charge in [-0.1, -0.05) is 36.4 Å². The van der Waals surface area contributed by atoms with E-state index in [4.69, 9.17) is 0 Å². The first-order valence-electron chi connectivity index (χ1n) is 9.51. The zero-order valence-corrected chi connectivity index (χ0v) is 16.5. The zero-order valence-electron chi connectivity index (χ0n) is 15.7. The van der Waals surface area contributed by atoms with E-state index in [0.29, 0.717) is 44.8 Å². The van der Waals surface area contributed by atoms with Crippen molar-refractivity contribution in [2.24, 2.45) is 5.92 Å². The van der Waals surface area contributed by atoms with Crippen LogP contribution in [0, 0.1) is 11.7 Å². The third-order valence-corrected chi connectivity index (χ3v) is 7.01. The lowest BCUT2D eigenvalue weighted by atomic mass is 9.93. The molecule has 1 heterocycles. The van der Waals surface area contributed by atoms with E-state index in [1.54, 1.807) is 0 Å². The second-order valence-corrected chi connectivity index (χ2v) is 9.04. The Morgan fingerprint density at radius 3 is 2.46 bits per heavy atom. The maximum atomic E-state index is 13.4. The molecule has 0 atom stereocenters. The van der Waals surface area contributed by atoms with Crippen molar-refractivity contribution < 1.29 is 17.6 Å². The molecule has 2 aromatic carbocycles. The number of carbonyl (C=O) groups excluding carboxylic acids is 1. The van der Waals surface area contributed by atoms with E-state index >= 15 is 0 Å². The normalized spacial score (nSPS) is 16.0. The van der Waals surface area contributed by atoms with Gasteiger partial charge in [-0.25, -0.2) is 12.8 Å². The first-order valence-corrected chi connectivity index (χ1v) is 11.0. The van der Waals surface area contributed by atoms with Gasteiger partial charge in [0.2, 0.25) is 15.9 Å². The van der Waals surface area contributed by atoms with Crippen molar-refractivity contribution in [3.63, 3.8) is 0 Å². The fourth-order valence-corrected chi connectivity index (χ4v) is 4.94. The van der Waals surface area contributed by atoms with Crippen LogP contribution in [0.2, 0.25) is 0 Å².